The lowest BCUT2D eigenvalue weighted by atomic mass is 9.85. The smallest absolute Gasteiger partial charge is 0.226 e. The van der Waals surface area contributed by atoms with Gasteiger partial charge in [-0.1, -0.05) is 0 Å². The maximum Gasteiger partial charge on any atom is 0.226 e. The maximum atomic E-state index is 13.5. The minimum absolute atomic E-state index is 0.0474. The molecule has 0 radical (unpaired) electrons. The van der Waals surface area contributed by atoms with Crippen molar-refractivity contribution in [2.24, 2.45) is 11.7 Å². The van der Waals surface area contributed by atoms with Gasteiger partial charge in [0.25, 0.3) is 0 Å². The number of nitrogens with zero attached hydrogens (tertiary/aromatic N) is 1. The van der Waals surface area contributed by atoms with Crippen molar-refractivity contribution in [3.05, 3.63) is 35.4 Å². The third-order valence-corrected chi connectivity index (χ3v) is 4.80. The molecule has 1 atom stereocenters. The van der Waals surface area contributed by atoms with Crippen molar-refractivity contribution in [1.82, 2.24) is 4.90 Å². The van der Waals surface area contributed by atoms with Crippen molar-refractivity contribution in [3.8, 4) is 0 Å². The number of hydrogen-bond donors (Lipinski definition) is 1. The Kier molecular flexibility index (Phi) is 4.92. The molecule has 1 aromatic rings. The first-order valence-corrected chi connectivity index (χ1v) is 8.14. The Morgan fingerprint density at radius 1 is 1.13 bits per heavy atom. The number of benzene rings is 1. The predicted molar refractivity (Wildman–Crippen MR) is 81.6 cm³/mol. The average Bonchev–Trinajstić information content (AvgIpc) is 2.54. The number of carbonyl (C=O) groups excluding carboxylic acids is 1. The molecule has 23 heavy (non-hydrogen) atoms. The number of nitrogens with two attached hydrogens (primary N) is 1. The highest BCUT2D eigenvalue weighted by Crippen LogP contribution is 2.31. The Labute approximate surface area is 134 Å². The molecule has 1 saturated heterocycles. The fourth-order valence-electron chi connectivity index (χ4n) is 3.51. The van der Waals surface area contributed by atoms with E-state index in [2.05, 4.69) is 0 Å². The van der Waals surface area contributed by atoms with Crippen LogP contribution in [0.4, 0.5) is 8.78 Å². The van der Waals surface area contributed by atoms with Crippen LogP contribution in [0.2, 0.25) is 0 Å². The second-order valence-electron chi connectivity index (χ2n) is 6.44. The number of amides is 1. The lowest BCUT2D eigenvalue weighted by molar-refractivity contribution is -0.145. The Bertz CT molecular complexity index is 553. The predicted octanol–water partition coefficient (Wildman–Crippen LogP) is 2.38. The average molecular weight is 324 g/mol. The molecule has 1 aliphatic carbocycles. The van der Waals surface area contributed by atoms with Crippen LogP contribution in [0.3, 0.4) is 0 Å². The maximum absolute atomic E-state index is 13.5. The lowest BCUT2D eigenvalue weighted by Crippen LogP contribution is -2.47. The van der Waals surface area contributed by atoms with Gasteiger partial charge < -0.3 is 15.4 Å². The molecule has 126 valence electrons. The van der Waals surface area contributed by atoms with Crippen LogP contribution in [0, 0.1) is 17.6 Å². The molecule has 1 aromatic carbocycles. The molecular weight excluding hydrogens is 302 g/mol. The van der Waals surface area contributed by atoms with Crippen LogP contribution in [0.25, 0.3) is 0 Å². The molecule has 2 aliphatic rings. The van der Waals surface area contributed by atoms with Crippen molar-refractivity contribution in [2.75, 3.05) is 19.8 Å². The van der Waals surface area contributed by atoms with E-state index < -0.39 is 17.7 Å². The summed E-state index contributed by atoms with van der Waals surface area (Å²) in [6.45, 7) is 1.16. The van der Waals surface area contributed by atoms with Gasteiger partial charge in [0.2, 0.25) is 5.91 Å². The highest BCUT2D eigenvalue weighted by Gasteiger charge is 2.34. The minimum Gasteiger partial charge on any atom is -0.377 e. The molecule has 1 unspecified atom stereocenters. The van der Waals surface area contributed by atoms with Crippen LogP contribution < -0.4 is 5.73 Å². The largest absolute Gasteiger partial charge is 0.377 e. The molecule has 0 aromatic heterocycles. The van der Waals surface area contributed by atoms with Crippen molar-refractivity contribution >= 4 is 5.91 Å². The van der Waals surface area contributed by atoms with Crippen LogP contribution in [0.15, 0.2) is 18.2 Å². The van der Waals surface area contributed by atoms with Gasteiger partial charge in [-0.15, -0.1) is 0 Å². The quantitative estimate of drug-likeness (QED) is 0.909. The Hall–Kier alpha value is -1.53. The molecule has 2 N–H and O–H groups in total. The summed E-state index contributed by atoms with van der Waals surface area (Å²) in [4.78, 5) is 14.6. The summed E-state index contributed by atoms with van der Waals surface area (Å²) in [5.74, 6) is -1.27. The van der Waals surface area contributed by atoms with E-state index in [9.17, 15) is 13.6 Å². The van der Waals surface area contributed by atoms with E-state index in [0.29, 0.717) is 18.7 Å². The zero-order chi connectivity index (χ0) is 16.4. The number of carbonyl (C=O) groups is 1. The molecule has 3 rings (SSSR count). The zero-order valence-corrected chi connectivity index (χ0v) is 13.0. The van der Waals surface area contributed by atoms with Crippen molar-refractivity contribution in [3.63, 3.8) is 0 Å². The van der Waals surface area contributed by atoms with Crippen molar-refractivity contribution in [2.45, 2.75) is 37.8 Å². The molecular formula is C17H22F2N2O2. The second-order valence-corrected chi connectivity index (χ2v) is 6.44. The molecule has 2 fully saturated rings. The number of hydrogen-bond acceptors (Lipinski definition) is 3. The normalized spacial score (nSPS) is 28.7. The number of rotatable bonds is 2. The third-order valence-electron chi connectivity index (χ3n) is 4.80. The molecule has 1 saturated carbocycles. The van der Waals surface area contributed by atoms with Gasteiger partial charge >= 0.3 is 0 Å². The SMILES string of the molecule is NC1CCC(C(=O)N2CCOCC2c2cc(F)cc(F)c2)CC1. The van der Waals surface area contributed by atoms with E-state index in [0.717, 1.165) is 31.7 Å². The topological polar surface area (TPSA) is 55.6 Å². The van der Waals surface area contributed by atoms with Gasteiger partial charge in [0, 0.05) is 24.6 Å². The molecule has 1 aliphatic heterocycles. The van der Waals surface area contributed by atoms with Crippen molar-refractivity contribution < 1.29 is 18.3 Å². The van der Waals surface area contributed by atoms with E-state index in [4.69, 9.17) is 10.5 Å². The molecule has 1 amide bonds. The van der Waals surface area contributed by atoms with Crippen LogP contribution in [-0.4, -0.2) is 36.6 Å². The van der Waals surface area contributed by atoms with E-state index in [-0.39, 0.29) is 24.5 Å². The van der Waals surface area contributed by atoms with Crippen LogP contribution in [0.5, 0.6) is 0 Å². The fraction of sp³-hybridized carbons (Fsp3) is 0.588. The summed E-state index contributed by atoms with van der Waals surface area (Å²) in [5.41, 5.74) is 6.35. The summed E-state index contributed by atoms with van der Waals surface area (Å²) < 4.78 is 32.5. The summed E-state index contributed by atoms with van der Waals surface area (Å²) in [5, 5.41) is 0. The van der Waals surface area contributed by atoms with Crippen LogP contribution in [0.1, 0.15) is 37.3 Å². The lowest BCUT2D eigenvalue weighted by Gasteiger charge is -2.39. The van der Waals surface area contributed by atoms with Gasteiger partial charge in [0.05, 0.1) is 19.3 Å². The first-order chi connectivity index (χ1) is 11.0. The molecule has 1 heterocycles. The Balaban J connectivity index is 1.79. The van der Waals surface area contributed by atoms with E-state index in [1.165, 1.54) is 12.1 Å². The molecule has 0 bridgehead atoms. The number of ether oxygens (including phenoxy) is 1. The van der Waals surface area contributed by atoms with Crippen molar-refractivity contribution in [1.29, 1.82) is 0 Å². The highest BCUT2D eigenvalue weighted by atomic mass is 19.1. The van der Waals surface area contributed by atoms with E-state index in [1.807, 2.05) is 0 Å². The van der Waals surface area contributed by atoms with Gasteiger partial charge in [-0.25, -0.2) is 8.78 Å². The van der Waals surface area contributed by atoms with E-state index >= 15 is 0 Å². The van der Waals surface area contributed by atoms with Crippen LogP contribution in [-0.2, 0) is 9.53 Å². The van der Waals surface area contributed by atoms with Crippen LogP contribution >= 0.6 is 0 Å². The summed E-state index contributed by atoms with van der Waals surface area (Å²) in [6.07, 6.45) is 3.25. The van der Waals surface area contributed by atoms with Gasteiger partial charge in [-0.3, -0.25) is 4.79 Å². The second kappa shape index (κ2) is 6.93. The molecule has 0 spiro atoms. The first-order valence-electron chi connectivity index (χ1n) is 8.14. The summed E-state index contributed by atoms with van der Waals surface area (Å²) in [6, 6.07) is 3.13. The molecule has 6 heteroatoms. The Morgan fingerprint density at radius 3 is 2.43 bits per heavy atom. The first kappa shape index (κ1) is 16.3. The van der Waals surface area contributed by atoms with Gasteiger partial charge in [0.15, 0.2) is 0 Å². The monoisotopic (exact) mass is 324 g/mol. The van der Waals surface area contributed by atoms with E-state index in [1.54, 1.807) is 4.90 Å². The fourth-order valence-corrected chi connectivity index (χ4v) is 3.51. The minimum atomic E-state index is -0.637. The zero-order valence-electron chi connectivity index (χ0n) is 13.0. The highest BCUT2D eigenvalue weighted by molar-refractivity contribution is 5.79. The summed E-state index contributed by atoms with van der Waals surface area (Å²) in [7, 11) is 0. The number of halogens is 2. The van der Waals surface area contributed by atoms with Gasteiger partial charge in [0.1, 0.15) is 11.6 Å². The third kappa shape index (κ3) is 3.70. The molecule has 4 nitrogen and oxygen atoms in total. The Morgan fingerprint density at radius 2 is 1.78 bits per heavy atom. The summed E-state index contributed by atoms with van der Waals surface area (Å²) >= 11 is 0. The number of morpholine rings is 1. The van der Waals surface area contributed by atoms with Gasteiger partial charge in [-0.2, -0.15) is 0 Å². The standard InChI is InChI=1S/C17H22F2N2O2/c18-13-7-12(8-14(19)9-13)16-10-23-6-5-21(16)17(22)11-1-3-15(20)4-2-11/h7-9,11,15-16H,1-6,10,20H2. The van der Waals surface area contributed by atoms with Gasteiger partial charge in [-0.05, 0) is 43.4 Å².